The summed E-state index contributed by atoms with van der Waals surface area (Å²) in [5.41, 5.74) is 5.23. The smallest absolute Gasteiger partial charge is 0.311 e. The van der Waals surface area contributed by atoms with Gasteiger partial charge in [0, 0.05) is 12.1 Å². The molecule has 0 radical (unpaired) electrons. The van der Waals surface area contributed by atoms with E-state index in [2.05, 4.69) is 16.8 Å². The van der Waals surface area contributed by atoms with Crippen molar-refractivity contribution in [3.63, 3.8) is 0 Å². The number of anilines is 1. The zero-order valence-corrected chi connectivity index (χ0v) is 6.89. The van der Waals surface area contributed by atoms with Crippen molar-refractivity contribution in [2.45, 2.75) is 0 Å². The van der Waals surface area contributed by atoms with E-state index in [0.29, 0.717) is 0 Å². The van der Waals surface area contributed by atoms with Crippen molar-refractivity contribution in [1.29, 1.82) is 5.26 Å². The summed E-state index contributed by atoms with van der Waals surface area (Å²) < 4.78 is 0. The van der Waals surface area contributed by atoms with Gasteiger partial charge in [-0.2, -0.15) is 5.26 Å². The molecular formula is C8H4N4O2. The monoisotopic (exact) mass is 188 g/mol. The predicted octanol–water partition coefficient (Wildman–Crippen LogP) is 0.447. The number of nitrogens with two attached hydrogens (primary N) is 1. The van der Waals surface area contributed by atoms with Crippen LogP contribution in [0.3, 0.4) is 0 Å². The standard InChI is InChI=1S/C8H4N4O2/c9-3-1-2-6-4-11-5-7(8(6)10)12(13)14/h4-5H,(H2,10,11). The molecule has 0 aliphatic heterocycles. The SMILES string of the molecule is N#CC#Cc1cncc([N+](=O)[O-])c1N. The van der Waals surface area contributed by atoms with Gasteiger partial charge in [-0.15, -0.1) is 0 Å². The molecule has 1 aromatic rings. The van der Waals surface area contributed by atoms with Crippen LogP contribution in [0.2, 0.25) is 0 Å². The Kier molecular flexibility index (Phi) is 2.63. The lowest BCUT2D eigenvalue weighted by molar-refractivity contribution is -0.384. The van der Waals surface area contributed by atoms with Crippen molar-refractivity contribution in [2.24, 2.45) is 0 Å². The molecule has 6 heteroatoms. The molecule has 1 aromatic heterocycles. The molecule has 14 heavy (non-hydrogen) atoms. The fourth-order valence-electron chi connectivity index (χ4n) is 0.800. The van der Waals surface area contributed by atoms with E-state index in [4.69, 9.17) is 11.0 Å². The Labute approximate surface area is 79.1 Å². The summed E-state index contributed by atoms with van der Waals surface area (Å²) in [6.07, 6.45) is 2.31. The van der Waals surface area contributed by atoms with Crippen LogP contribution in [0.1, 0.15) is 5.56 Å². The van der Waals surface area contributed by atoms with Gasteiger partial charge >= 0.3 is 5.69 Å². The second-order valence-electron chi connectivity index (χ2n) is 2.24. The molecule has 0 aliphatic rings. The number of rotatable bonds is 1. The summed E-state index contributed by atoms with van der Waals surface area (Å²) >= 11 is 0. The van der Waals surface area contributed by atoms with E-state index in [1.807, 2.05) is 0 Å². The van der Waals surface area contributed by atoms with Crippen LogP contribution in [0.15, 0.2) is 12.4 Å². The lowest BCUT2D eigenvalue weighted by atomic mass is 10.2. The molecule has 0 unspecified atom stereocenters. The number of nitro groups is 1. The zero-order chi connectivity index (χ0) is 10.6. The number of nitrogens with zero attached hydrogens (tertiary/aromatic N) is 3. The molecule has 0 aromatic carbocycles. The Balaban J connectivity index is 3.29. The van der Waals surface area contributed by atoms with Gasteiger partial charge in [-0.25, -0.2) is 0 Å². The maximum Gasteiger partial charge on any atom is 0.311 e. The molecule has 2 N–H and O–H groups in total. The Morgan fingerprint density at radius 2 is 2.29 bits per heavy atom. The average molecular weight is 188 g/mol. The van der Waals surface area contributed by atoms with Crippen LogP contribution < -0.4 is 5.73 Å². The zero-order valence-electron chi connectivity index (χ0n) is 6.89. The van der Waals surface area contributed by atoms with E-state index >= 15 is 0 Å². The number of pyridine rings is 1. The maximum absolute atomic E-state index is 10.4. The Hall–Kier alpha value is -2.60. The van der Waals surface area contributed by atoms with E-state index in [0.717, 1.165) is 6.20 Å². The highest BCUT2D eigenvalue weighted by Gasteiger charge is 2.13. The summed E-state index contributed by atoms with van der Waals surface area (Å²) in [4.78, 5) is 13.4. The largest absolute Gasteiger partial charge is 0.392 e. The molecule has 0 saturated carbocycles. The van der Waals surface area contributed by atoms with Gasteiger partial charge in [0.25, 0.3) is 0 Å². The van der Waals surface area contributed by atoms with E-state index < -0.39 is 4.92 Å². The number of hydrogen-bond donors (Lipinski definition) is 1. The lowest BCUT2D eigenvalue weighted by Gasteiger charge is -1.97. The highest BCUT2D eigenvalue weighted by Crippen LogP contribution is 2.22. The van der Waals surface area contributed by atoms with Gasteiger partial charge in [0.15, 0.2) is 6.07 Å². The number of hydrogen-bond acceptors (Lipinski definition) is 5. The molecular weight excluding hydrogens is 184 g/mol. The van der Waals surface area contributed by atoms with Crippen molar-refractivity contribution in [1.82, 2.24) is 4.98 Å². The van der Waals surface area contributed by atoms with Crippen LogP contribution in [-0.4, -0.2) is 9.91 Å². The summed E-state index contributed by atoms with van der Waals surface area (Å²) in [5.74, 6) is 4.44. The van der Waals surface area contributed by atoms with Crippen LogP contribution >= 0.6 is 0 Å². The predicted molar refractivity (Wildman–Crippen MR) is 47.8 cm³/mol. The summed E-state index contributed by atoms with van der Waals surface area (Å²) in [6.45, 7) is 0. The Bertz CT molecular complexity index is 478. The van der Waals surface area contributed by atoms with E-state index in [1.165, 1.54) is 6.20 Å². The molecule has 0 saturated heterocycles. The van der Waals surface area contributed by atoms with Crippen molar-refractivity contribution in [2.75, 3.05) is 5.73 Å². The number of nitriles is 1. The van der Waals surface area contributed by atoms with Crippen LogP contribution in [0.25, 0.3) is 0 Å². The molecule has 0 atom stereocenters. The van der Waals surface area contributed by atoms with Gasteiger partial charge in [0.1, 0.15) is 11.9 Å². The minimum Gasteiger partial charge on any atom is -0.392 e. The lowest BCUT2D eigenvalue weighted by Crippen LogP contribution is -1.99. The third-order valence-corrected chi connectivity index (χ3v) is 1.42. The van der Waals surface area contributed by atoms with E-state index in [9.17, 15) is 10.1 Å². The van der Waals surface area contributed by atoms with Crippen molar-refractivity contribution < 1.29 is 4.92 Å². The van der Waals surface area contributed by atoms with Gasteiger partial charge in [0.05, 0.1) is 10.5 Å². The third kappa shape index (κ3) is 1.76. The van der Waals surface area contributed by atoms with Crippen molar-refractivity contribution >= 4 is 11.4 Å². The maximum atomic E-state index is 10.4. The van der Waals surface area contributed by atoms with Crippen LogP contribution in [-0.2, 0) is 0 Å². The number of aromatic nitrogens is 1. The quantitative estimate of drug-likeness (QED) is 0.391. The molecule has 0 aliphatic carbocycles. The van der Waals surface area contributed by atoms with Gasteiger partial charge < -0.3 is 5.73 Å². The van der Waals surface area contributed by atoms with Crippen molar-refractivity contribution in [3.8, 4) is 17.9 Å². The topological polar surface area (TPSA) is 106 Å². The molecule has 6 nitrogen and oxygen atoms in total. The van der Waals surface area contributed by atoms with E-state index in [1.54, 1.807) is 6.07 Å². The van der Waals surface area contributed by atoms with Crippen molar-refractivity contribution in [3.05, 3.63) is 28.1 Å². The Morgan fingerprint density at radius 3 is 2.86 bits per heavy atom. The van der Waals surface area contributed by atoms with Crippen LogP contribution in [0, 0.1) is 33.3 Å². The third-order valence-electron chi connectivity index (χ3n) is 1.42. The van der Waals surface area contributed by atoms with Gasteiger partial charge in [-0.05, 0) is 5.92 Å². The molecule has 1 heterocycles. The van der Waals surface area contributed by atoms with Gasteiger partial charge in [0.2, 0.25) is 0 Å². The van der Waals surface area contributed by atoms with Crippen LogP contribution in [0.5, 0.6) is 0 Å². The summed E-state index contributed by atoms with van der Waals surface area (Å²) in [7, 11) is 0. The number of nitrogen functional groups attached to an aromatic ring is 1. The molecule has 0 spiro atoms. The summed E-state index contributed by atoms with van der Waals surface area (Å²) in [5, 5.41) is 18.6. The fraction of sp³-hybridized carbons (Fsp3) is 0. The van der Waals surface area contributed by atoms with E-state index in [-0.39, 0.29) is 16.9 Å². The van der Waals surface area contributed by atoms with Gasteiger partial charge in [-0.3, -0.25) is 15.1 Å². The molecule has 68 valence electrons. The highest BCUT2D eigenvalue weighted by atomic mass is 16.6. The molecule has 0 fully saturated rings. The minimum atomic E-state index is -0.653. The normalized spacial score (nSPS) is 8.21. The molecule has 0 amide bonds. The second-order valence-corrected chi connectivity index (χ2v) is 2.24. The van der Waals surface area contributed by atoms with Crippen LogP contribution in [0.4, 0.5) is 11.4 Å². The first-order valence-corrected chi connectivity index (χ1v) is 3.44. The highest BCUT2D eigenvalue weighted by molar-refractivity contribution is 5.66. The van der Waals surface area contributed by atoms with Gasteiger partial charge in [-0.1, -0.05) is 0 Å². The summed E-state index contributed by atoms with van der Waals surface area (Å²) in [6, 6.07) is 1.58. The molecule has 0 bridgehead atoms. The minimum absolute atomic E-state index is 0.0762. The first-order chi connectivity index (χ1) is 6.66. The average Bonchev–Trinajstić information content (AvgIpc) is 2.16. The Morgan fingerprint density at radius 1 is 1.57 bits per heavy atom. The first kappa shape index (κ1) is 9.49. The molecule has 1 rings (SSSR count). The second kappa shape index (κ2) is 3.87. The first-order valence-electron chi connectivity index (χ1n) is 3.44. The fourth-order valence-corrected chi connectivity index (χ4v) is 0.800.